The van der Waals surface area contributed by atoms with Crippen LogP contribution in [0.3, 0.4) is 0 Å². The van der Waals surface area contributed by atoms with E-state index < -0.39 is 0 Å². The first kappa shape index (κ1) is 26.1. The second-order valence-corrected chi connectivity index (χ2v) is 13.5. The van der Waals surface area contributed by atoms with E-state index in [-0.39, 0.29) is 11.4 Å². The van der Waals surface area contributed by atoms with E-state index >= 15 is 0 Å². The topological polar surface area (TPSA) is 41.1 Å². The van der Waals surface area contributed by atoms with Gasteiger partial charge in [0.15, 0.2) is 0 Å². The number of benzene rings is 6. The number of hydrogen-bond acceptors (Lipinski definition) is 2. The molecule has 214 valence electrons. The molecule has 0 atom stereocenters. The largest absolute Gasteiger partial charge is 0.278 e. The van der Waals surface area contributed by atoms with E-state index in [2.05, 4.69) is 110 Å². The molecule has 0 saturated heterocycles. The second-order valence-electron chi connectivity index (χ2n) is 12.5. The molecule has 45 heavy (non-hydrogen) atoms. The van der Waals surface area contributed by atoms with E-state index in [1.54, 1.807) is 6.21 Å². The molecule has 0 bridgehead atoms. The van der Waals surface area contributed by atoms with Gasteiger partial charge in [0.05, 0.1) is 11.0 Å². The molecule has 0 spiro atoms. The fraction of sp³-hybridized carbons (Fsp3) is 0.0732. The Balaban J connectivity index is 1.20. The van der Waals surface area contributed by atoms with Crippen LogP contribution in [0.2, 0.25) is 0 Å². The number of thiophene rings is 1. The number of nitrogens with zero attached hydrogens (tertiary/aromatic N) is 2. The first-order chi connectivity index (χ1) is 22.0. The van der Waals surface area contributed by atoms with E-state index in [1.807, 2.05) is 52.3 Å². The van der Waals surface area contributed by atoms with Crippen LogP contribution in [0.25, 0.3) is 64.2 Å². The number of aromatic nitrogens is 1. The molecule has 0 aliphatic heterocycles. The van der Waals surface area contributed by atoms with Gasteiger partial charge in [-0.1, -0.05) is 98.8 Å². The lowest BCUT2D eigenvalue weighted by molar-refractivity contribution is 0.661. The molecule has 4 heteroatoms. The Morgan fingerprint density at radius 1 is 0.622 bits per heavy atom. The normalized spacial score (nSPS) is 13.7. The molecule has 9 rings (SSSR count). The lowest BCUT2D eigenvalue weighted by atomic mass is 9.81. The second kappa shape index (κ2) is 9.59. The Morgan fingerprint density at radius 3 is 2.18 bits per heavy atom. The van der Waals surface area contributed by atoms with Gasteiger partial charge in [0.1, 0.15) is 0 Å². The lowest BCUT2D eigenvalue weighted by Crippen LogP contribution is -2.15. The van der Waals surface area contributed by atoms with Crippen LogP contribution in [-0.2, 0) is 5.41 Å². The predicted molar refractivity (Wildman–Crippen MR) is 192 cm³/mol. The van der Waals surface area contributed by atoms with Crippen LogP contribution in [0.4, 0.5) is 0 Å². The van der Waals surface area contributed by atoms with Crippen molar-refractivity contribution in [3.8, 4) is 22.3 Å². The number of fused-ring (bicyclic) bond motifs is 9. The Bertz CT molecular complexity index is 2530. The summed E-state index contributed by atoms with van der Waals surface area (Å²) in [6.45, 7) is 4.68. The van der Waals surface area contributed by atoms with Gasteiger partial charge in [-0.25, -0.2) is 4.99 Å². The zero-order chi connectivity index (χ0) is 30.3. The monoisotopic (exact) mass is 595 g/mol. The fourth-order valence-corrected chi connectivity index (χ4v) is 8.33. The van der Waals surface area contributed by atoms with Crippen molar-refractivity contribution in [3.63, 3.8) is 0 Å². The van der Waals surface area contributed by atoms with E-state index in [0.29, 0.717) is 0 Å². The summed E-state index contributed by atoms with van der Waals surface area (Å²) in [6.07, 6.45) is 1.77. The number of nitrogens with one attached hydrogen (secondary N) is 1. The van der Waals surface area contributed by atoms with Crippen molar-refractivity contribution in [2.75, 3.05) is 0 Å². The Morgan fingerprint density at radius 2 is 1.31 bits per heavy atom. The minimum Gasteiger partial charge on any atom is -0.278 e. The SMILES string of the molecule is CC1(C)c2cc(-c3ccc4sc5ccccc5c4c3)ccc2-c2cc3c(cc21)c1ccccc1n3C(=N)N=Cc1ccccc1. The third kappa shape index (κ3) is 3.89. The van der Waals surface area contributed by atoms with Gasteiger partial charge in [-0.3, -0.25) is 9.98 Å². The molecule has 2 aromatic heterocycles. The summed E-state index contributed by atoms with van der Waals surface area (Å²) < 4.78 is 4.65. The summed E-state index contributed by atoms with van der Waals surface area (Å²) in [5, 5.41) is 14.0. The van der Waals surface area contributed by atoms with Crippen molar-refractivity contribution in [2.24, 2.45) is 4.99 Å². The average Bonchev–Trinajstić information content (AvgIpc) is 3.68. The van der Waals surface area contributed by atoms with Gasteiger partial charge >= 0.3 is 0 Å². The van der Waals surface area contributed by atoms with Gasteiger partial charge in [-0.05, 0) is 81.4 Å². The predicted octanol–water partition coefficient (Wildman–Crippen LogP) is 11.0. The van der Waals surface area contributed by atoms with Gasteiger partial charge in [0.2, 0.25) is 5.96 Å². The molecule has 1 aliphatic rings. The van der Waals surface area contributed by atoms with Crippen molar-refractivity contribution in [1.29, 1.82) is 5.41 Å². The zero-order valence-electron chi connectivity index (χ0n) is 25.0. The molecule has 0 saturated carbocycles. The third-order valence-corrected chi connectivity index (χ3v) is 10.7. The molecule has 8 aromatic rings. The molecule has 6 aromatic carbocycles. The number of aliphatic imine (C=N–C) groups is 1. The van der Waals surface area contributed by atoms with Crippen molar-refractivity contribution in [2.45, 2.75) is 19.3 Å². The van der Waals surface area contributed by atoms with Gasteiger partial charge < -0.3 is 0 Å². The quantitative estimate of drug-likeness (QED) is 0.153. The maximum Gasteiger partial charge on any atom is 0.227 e. The number of hydrogen-bond donors (Lipinski definition) is 1. The first-order valence-corrected chi connectivity index (χ1v) is 16.1. The van der Waals surface area contributed by atoms with Gasteiger partial charge in [0, 0.05) is 42.6 Å². The summed E-state index contributed by atoms with van der Waals surface area (Å²) in [5.74, 6) is 0.203. The minimum absolute atomic E-state index is 0.170. The van der Waals surface area contributed by atoms with E-state index in [1.165, 1.54) is 53.6 Å². The van der Waals surface area contributed by atoms with E-state index in [9.17, 15) is 0 Å². The summed E-state index contributed by atoms with van der Waals surface area (Å²) >= 11 is 1.86. The maximum absolute atomic E-state index is 9.06. The highest BCUT2D eigenvalue weighted by Gasteiger charge is 2.36. The van der Waals surface area contributed by atoms with Gasteiger partial charge in [-0.2, -0.15) is 0 Å². The maximum atomic E-state index is 9.06. The van der Waals surface area contributed by atoms with Gasteiger partial charge in [0.25, 0.3) is 0 Å². The van der Waals surface area contributed by atoms with Crippen LogP contribution in [-0.4, -0.2) is 16.7 Å². The average molecular weight is 596 g/mol. The Kier molecular flexibility index (Phi) is 5.56. The zero-order valence-corrected chi connectivity index (χ0v) is 25.8. The summed E-state index contributed by atoms with van der Waals surface area (Å²) in [7, 11) is 0. The molecule has 3 nitrogen and oxygen atoms in total. The molecule has 0 unspecified atom stereocenters. The Labute approximate surface area is 265 Å². The highest BCUT2D eigenvalue weighted by molar-refractivity contribution is 7.25. The van der Waals surface area contributed by atoms with Gasteiger partial charge in [-0.15, -0.1) is 11.3 Å². The Hall–Kier alpha value is -5.32. The van der Waals surface area contributed by atoms with Crippen molar-refractivity contribution in [3.05, 3.63) is 144 Å². The van der Waals surface area contributed by atoms with Crippen LogP contribution in [0.5, 0.6) is 0 Å². The van der Waals surface area contributed by atoms with Crippen molar-refractivity contribution < 1.29 is 0 Å². The molecular formula is C41H29N3S. The van der Waals surface area contributed by atoms with E-state index in [0.717, 1.165) is 27.4 Å². The molecule has 0 fully saturated rings. The summed E-state index contributed by atoms with van der Waals surface area (Å²) in [4.78, 5) is 4.61. The molecule has 0 radical (unpaired) electrons. The highest BCUT2D eigenvalue weighted by Crippen LogP contribution is 2.52. The first-order valence-electron chi connectivity index (χ1n) is 15.3. The number of para-hydroxylation sites is 1. The molecule has 1 N–H and O–H groups in total. The van der Waals surface area contributed by atoms with Crippen molar-refractivity contribution >= 4 is 65.5 Å². The van der Waals surface area contributed by atoms with Crippen LogP contribution in [0, 0.1) is 5.41 Å². The summed E-state index contributed by atoms with van der Waals surface area (Å²) in [6, 6.07) is 45.5. The smallest absolute Gasteiger partial charge is 0.227 e. The highest BCUT2D eigenvalue weighted by atomic mass is 32.1. The van der Waals surface area contributed by atoms with Crippen LogP contribution < -0.4 is 0 Å². The molecule has 2 heterocycles. The fourth-order valence-electron chi connectivity index (χ4n) is 7.24. The minimum atomic E-state index is -0.170. The molecule has 0 amide bonds. The number of rotatable bonds is 2. The molecular weight excluding hydrogens is 567 g/mol. The van der Waals surface area contributed by atoms with Crippen LogP contribution in [0.15, 0.2) is 132 Å². The lowest BCUT2D eigenvalue weighted by Gasteiger charge is -2.22. The van der Waals surface area contributed by atoms with E-state index in [4.69, 9.17) is 5.41 Å². The van der Waals surface area contributed by atoms with Crippen LogP contribution >= 0.6 is 11.3 Å². The van der Waals surface area contributed by atoms with Crippen LogP contribution in [0.1, 0.15) is 30.5 Å². The summed E-state index contributed by atoms with van der Waals surface area (Å²) in [5.41, 5.74) is 10.4. The third-order valence-electron chi connectivity index (χ3n) is 9.53. The standard InChI is InChI=1S/C41H29N3S/c1-41(2)34-21-27(26-17-19-39-33(20-26)30-13-7-9-15-38(30)45-39)16-18-28(34)31-23-37-32(22-35(31)41)29-12-6-8-14-36(29)44(37)40(42)43-24-25-10-4-3-5-11-25/h3-24,42H,1-2H3. The molecule has 1 aliphatic carbocycles. The van der Waals surface area contributed by atoms with Crippen molar-refractivity contribution in [1.82, 2.24) is 4.57 Å².